The number of benzene rings is 1. The van der Waals surface area contributed by atoms with Gasteiger partial charge < -0.3 is 18.9 Å². The molecule has 0 aliphatic carbocycles. The number of carbonyl (C=O) groups excluding carboxylic acids is 2. The number of rotatable bonds is 7. The Morgan fingerprint density at radius 1 is 1.13 bits per heavy atom. The van der Waals surface area contributed by atoms with Gasteiger partial charge >= 0.3 is 11.9 Å². The van der Waals surface area contributed by atoms with Crippen molar-refractivity contribution in [2.75, 3.05) is 27.9 Å². The predicted molar refractivity (Wildman–Crippen MR) is 84.8 cm³/mol. The maximum atomic E-state index is 11.3. The molecule has 0 saturated carbocycles. The molecule has 6 nitrogen and oxygen atoms in total. The normalized spacial score (nSPS) is 11.9. The van der Waals surface area contributed by atoms with Crippen LogP contribution in [-0.2, 0) is 19.1 Å². The quantitative estimate of drug-likeness (QED) is 0.567. The average molecular weight is 322 g/mol. The molecule has 1 rings (SSSR count). The van der Waals surface area contributed by atoms with Crippen LogP contribution in [-0.4, -0.2) is 39.9 Å². The highest BCUT2D eigenvalue weighted by Gasteiger charge is 2.17. The van der Waals surface area contributed by atoms with Crippen molar-refractivity contribution >= 4 is 11.9 Å². The highest BCUT2D eigenvalue weighted by atomic mass is 16.5. The van der Waals surface area contributed by atoms with E-state index in [-0.39, 0.29) is 18.5 Å². The molecule has 0 N–H and O–H groups in total. The van der Waals surface area contributed by atoms with Crippen LogP contribution in [0, 0.1) is 6.92 Å². The number of carbonyl (C=O) groups is 2. The summed E-state index contributed by atoms with van der Waals surface area (Å²) in [6.45, 7) is 3.35. The fourth-order valence-corrected chi connectivity index (χ4v) is 2.11. The van der Waals surface area contributed by atoms with E-state index in [2.05, 4.69) is 4.74 Å². The summed E-state index contributed by atoms with van der Waals surface area (Å²) in [4.78, 5) is 22.4. The molecule has 1 aromatic carbocycles. The Morgan fingerprint density at radius 2 is 1.74 bits per heavy atom. The summed E-state index contributed by atoms with van der Waals surface area (Å²) < 4.78 is 20.3. The molecule has 0 amide bonds. The number of hydrogen-bond donors (Lipinski definition) is 0. The van der Waals surface area contributed by atoms with Crippen LogP contribution < -0.4 is 9.47 Å². The van der Waals surface area contributed by atoms with Gasteiger partial charge in [-0.15, -0.1) is 0 Å². The Labute approximate surface area is 136 Å². The summed E-state index contributed by atoms with van der Waals surface area (Å²) in [5.74, 6) is -0.00214. The molecular weight excluding hydrogens is 300 g/mol. The molecule has 1 atom stereocenters. The smallest absolute Gasteiger partial charge is 0.330 e. The van der Waals surface area contributed by atoms with Gasteiger partial charge in [0.2, 0.25) is 0 Å². The van der Waals surface area contributed by atoms with Gasteiger partial charge in [0.15, 0.2) is 11.5 Å². The minimum absolute atomic E-state index is 0.110. The van der Waals surface area contributed by atoms with Crippen LogP contribution in [0.3, 0.4) is 0 Å². The van der Waals surface area contributed by atoms with Gasteiger partial charge in [-0.1, -0.05) is 6.08 Å². The third kappa shape index (κ3) is 5.32. The van der Waals surface area contributed by atoms with Gasteiger partial charge in [0.1, 0.15) is 6.61 Å². The monoisotopic (exact) mass is 322 g/mol. The summed E-state index contributed by atoms with van der Waals surface area (Å²) in [5.41, 5.74) is 1.79. The van der Waals surface area contributed by atoms with Crippen LogP contribution in [0.5, 0.6) is 11.5 Å². The second kappa shape index (κ2) is 8.82. The fraction of sp³-hybridized carbons (Fsp3) is 0.412. The summed E-state index contributed by atoms with van der Waals surface area (Å²) in [5, 5.41) is 0. The topological polar surface area (TPSA) is 71.1 Å². The first-order chi connectivity index (χ1) is 10.9. The zero-order valence-electron chi connectivity index (χ0n) is 14.0. The van der Waals surface area contributed by atoms with Crippen LogP contribution >= 0.6 is 0 Å². The molecular formula is C17H22O6. The van der Waals surface area contributed by atoms with Crippen LogP contribution in [0.25, 0.3) is 0 Å². The van der Waals surface area contributed by atoms with Gasteiger partial charge in [-0.3, -0.25) is 4.79 Å². The standard InChI is InChI=1S/C17H22O6/c1-11-8-15(20-3)16(21-4)9-14(11)13(10-23-12(2)18)6-7-17(19)22-5/h6-9,13H,10H2,1-5H3/b7-6+/t13-/m0/s1. The van der Waals surface area contributed by atoms with Gasteiger partial charge in [-0.05, 0) is 30.2 Å². The zero-order chi connectivity index (χ0) is 17.4. The second-order valence-corrected chi connectivity index (χ2v) is 4.86. The third-order valence-electron chi connectivity index (χ3n) is 3.30. The maximum Gasteiger partial charge on any atom is 0.330 e. The van der Waals surface area contributed by atoms with Crippen LogP contribution in [0.1, 0.15) is 24.0 Å². The van der Waals surface area contributed by atoms with E-state index in [1.54, 1.807) is 20.3 Å². The van der Waals surface area contributed by atoms with Crippen LogP contribution in [0.15, 0.2) is 24.3 Å². The van der Waals surface area contributed by atoms with Gasteiger partial charge in [0.05, 0.1) is 21.3 Å². The van der Waals surface area contributed by atoms with Gasteiger partial charge in [-0.25, -0.2) is 4.79 Å². The molecule has 0 radical (unpaired) electrons. The Hall–Kier alpha value is -2.50. The molecule has 126 valence electrons. The second-order valence-electron chi connectivity index (χ2n) is 4.86. The summed E-state index contributed by atoms with van der Waals surface area (Å²) in [6.07, 6.45) is 2.95. The molecule has 0 heterocycles. The van der Waals surface area contributed by atoms with Crippen LogP contribution in [0.2, 0.25) is 0 Å². The zero-order valence-corrected chi connectivity index (χ0v) is 14.0. The van der Waals surface area contributed by atoms with Crippen molar-refractivity contribution in [1.82, 2.24) is 0 Å². The van der Waals surface area contributed by atoms with E-state index in [9.17, 15) is 9.59 Å². The molecule has 0 aromatic heterocycles. The SMILES string of the molecule is COC(=O)/C=C/[C@@H](COC(C)=O)c1cc(OC)c(OC)cc1C. The number of esters is 2. The first-order valence-corrected chi connectivity index (χ1v) is 7.05. The molecule has 0 spiro atoms. The van der Waals surface area contributed by atoms with E-state index < -0.39 is 5.97 Å². The highest BCUT2D eigenvalue weighted by Crippen LogP contribution is 2.34. The summed E-state index contributed by atoms with van der Waals surface area (Å²) in [6, 6.07) is 3.64. The summed E-state index contributed by atoms with van der Waals surface area (Å²) >= 11 is 0. The minimum Gasteiger partial charge on any atom is -0.493 e. The molecule has 0 aliphatic heterocycles. The molecule has 0 bridgehead atoms. The Morgan fingerprint density at radius 3 is 2.26 bits per heavy atom. The van der Waals surface area contributed by atoms with Crippen molar-refractivity contribution in [1.29, 1.82) is 0 Å². The molecule has 0 fully saturated rings. The highest BCUT2D eigenvalue weighted by molar-refractivity contribution is 5.82. The van der Waals surface area contributed by atoms with E-state index in [1.165, 1.54) is 20.1 Å². The maximum absolute atomic E-state index is 11.3. The van der Waals surface area contributed by atoms with Crippen molar-refractivity contribution in [3.63, 3.8) is 0 Å². The summed E-state index contributed by atoms with van der Waals surface area (Å²) in [7, 11) is 4.40. The fourth-order valence-electron chi connectivity index (χ4n) is 2.11. The van der Waals surface area contributed by atoms with Gasteiger partial charge in [0.25, 0.3) is 0 Å². The van der Waals surface area contributed by atoms with Crippen molar-refractivity contribution in [2.24, 2.45) is 0 Å². The van der Waals surface area contributed by atoms with E-state index in [0.29, 0.717) is 11.5 Å². The lowest BCUT2D eigenvalue weighted by Gasteiger charge is -2.18. The van der Waals surface area contributed by atoms with Crippen molar-refractivity contribution in [2.45, 2.75) is 19.8 Å². The minimum atomic E-state index is -0.476. The van der Waals surface area contributed by atoms with E-state index >= 15 is 0 Å². The predicted octanol–water partition coefficient (Wildman–Crippen LogP) is 2.39. The van der Waals surface area contributed by atoms with Crippen molar-refractivity contribution < 1.29 is 28.5 Å². The molecule has 0 saturated heterocycles. The van der Waals surface area contributed by atoms with E-state index in [1.807, 2.05) is 19.1 Å². The van der Waals surface area contributed by atoms with Crippen LogP contribution in [0.4, 0.5) is 0 Å². The number of hydrogen-bond acceptors (Lipinski definition) is 6. The first-order valence-electron chi connectivity index (χ1n) is 7.05. The Kier molecular flexibility index (Phi) is 7.12. The van der Waals surface area contributed by atoms with Crippen molar-refractivity contribution in [3.8, 4) is 11.5 Å². The largest absolute Gasteiger partial charge is 0.493 e. The lowest BCUT2D eigenvalue weighted by Crippen LogP contribution is -2.11. The lowest BCUT2D eigenvalue weighted by molar-refractivity contribution is -0.141. The Balaban J connectivity index is 3.21. The Bertz CT molecular complexity index is 591. The molecule has 1 aromatic rings. The average Bonchev–Trinajstić information content (AvgIpc) is 2.54. The van der Waals surface area contributed by atoms with Gasteiger partial charge in [-0.2, -0.15) is 0 Å². The van der Waals surface area contributed by atoms with Crippen molar-refractivity contribution in [3.05, 3.63) is 35.4 Å². The molecule has 0 aliphatic rings. The molecule has 6 heteroatoms. The van der Waals surface area contributed by atoms with E-state index in [0.717, 1.165) is 11.1 Å². The van der Waals surface area contributed by atoms with E-state index in [4.69, 9.17) is 14.2 Å². The molecule has 0 unspecified atom stereocenters. The lowest BCUT2D eigenvalue weighted by atomic mass is 9.94. The first kappa shape index (κ1) is 18.5. The third-order valence-corrected chi connectivity index (χ3v) is 3.30. The number of methoxy groups -OCH3 is 3. The number of aryl methyl sites for hydroxylation is 1. The van der Waals surface area contributed by atoms with Gasteiger partial charge in [0, 0.05) is 18.9 Å². The number of ether oxygens (including phenoxy) is 4. The molecule has 23 heavy (non-hydrogen) atoms.